The Bertz CT molecular complexity index is 1380. The van der Waals surface area contributed by atoms with Gasteiger partial charge in [0.25, 0.3) is 0 Å². The maximum absolute atomic E-state index is 13.4. The number of aryl methyl sites for hydroxylation is 1. The van der Waals surface area contributed by atoms with E-state index in [1.165, 1.54) is 6.07 Å². The van der Waals surface area contributed by atoms with E-state index in [1.807, 2.05) is 13.0 Å². The van der Waals surface area contributed by atoms with Crippen molar-refractivity contribution in [2.24, 2.45) is 5.73 Å². The third-order valence-corrected chi connectivity index (χ3v) is 5.93. The monoisotopic (exact) mass is 491 g/mol. The summed E-state index contributed by atoms with van der Waals surface area (Å²) in [4.78, 5) is 12.1. The molecule has 1 radical (unpaired) electrons. The van der Waals surface area contributed by atoms with Gasteiger partial charge in [0.2, 0.25) is 5.91 Å². The molecular formula is C26H21F6N2O. The van der Waals surface area contributed by atoms with E-state index in [-0.39, 0.29) is 23.7 Å². The van der Waals surface area contributed by atoms with E-state index >= 15 is 0 Å². The molecule has 183 valence electrons. The number of aromatic nitrogens is 1. The lowest BCUT2D eigenvalue weighted by molar-refractivity contribution is -0.143. The molecule has 4 rings (SSSR count). The highest BCUT2D eigenvalue weighted by atomic mass is 19.4. The van der Waals surface area contributed by atoms with Gasteiger partial charge in [-0.05, 0) is 66.4 Å². The van der Waals surface area contributed by atoms with Crippen LogP contribution in [0.3, 0.4) is 0 Å². The standard InChI is InChI=1S/C26H21F6N2O/c1-2-3-5-15-8-9-19-22(12-15)34(21-7-4-6-20(23(19)21)24(33)35)14-16-10-17(25(27,28)29)13-18(11-16)26(30,31)32/h4,6-8,10-13H,2-3,5,14H2,1H3,(H2,33,35). The van der Waals surface area contributed by atoms with Crippen molar-refractivity contribution >= 4 is 27.7 Å². The van der Waals surface area contributed by atoms with E-state index in [0.29, 0.717) is 21.8 Å². The molecule has 2 N–H and O–H groups in total. The lowest BCUT2D eigenvalue weighted by Crippen LogP contribution is -2.13. The molecule has 0 saturated heterocycles. The highest BCUT2D eigenvalue weighted by Gasteiger charge is 2.37. The van der Waals surface area contributed by atoms with Crippen molar-refractivity contribution in [1.82, 2.24) is 4.57 Å². The summed E-state index contributed by atoms with van der Waals surface area (Å²) >= 11 is 0. The third-order valence-electron chi connectivity index (χ3n) is 5.93. The molecule has 0 saturated carbocycles. The minimum atomic E-state index is -4.95. The second-order valence-electron chi connectivity index (χ2n) is 8.44. The van der Waals surface area contributed by atoms with E-state index in [1.54, 1.807) is 22.8 Å². The molecule has 3 nitrogen and oxygen atoms in total. The molecule has 0 aliphatic carbocycles. The number of halogens is 6. The summed E-state index contributed by atoms with van der Waals surface area (Å²) in [6, 6.07) is 13.1. The first-order valence-electron chi connectivity index (χ1n) is 10.9. The van der Waals surface area contributed by atoms with Gasteiger partial charge < -0.3 is 10.3 Å². The van der Waals surface area contributed by atoms with Crippen molar-refractivity contribution in [2.75, 3.05) is 0 Å². The molecule has 4 aromatic rings. The smallest absolute Gasteiger partial charge is 0.366 e. The predicted octanol–water partition coefficient (Wildman–Crippen LogP) is 7.12. The summed E-state index contributed by atoms with van der Waals surface area (Å²) in [6.45, 7) is 1.75. The number of rotatable bonds is 6. The average Bonchev–Trinajstić information content (AvgIpc) is 3.09. The molecule has 0 aliphatic heterocycles. The summed E-state index contributed by atoms with van der Waals surface area (Å²) in [5.41, 5.74) is 4.75. The van der Waals surface area contributed by atoms with Crippen LogP contribution in [-0.4, -0.2) is 10.5 Å². The number of unbranched alkanes of at least 4 members (excludes halogenated alkanes) is 1. The molecule has 0 atom stereocenters. The molecule has 0 unspecified atom stereocenters. The second-order valence-corrected chi connectivity index (χ2v) is 8.44. The highest BCUT2D eigenvalue weighted by Crippen LogP contribution is 2.38. The van der Waals surface area contributed by atoms with Crippen molar-refractivity contribution in [3.8, 4) is 0 Å². The highest BCUT2D eigenvalue weighted by molar-refractivity contribution is 6.17. The lowest BCUT2D eigenvalue weighted by Gasteiger charge is -2.15. The number of hydrogen-bond donors (Lipinski definition) is 1. The number of benzene rings is 3. The lowest BCUT2D eigenvalue weighted by atomic mass is 10.0. The van der Waals surface area contributed by atoms with Crippen LogP contribution in [0, 0.1) is 6.07 Å². The number of alkyl halides is 6. The zero-order valence-corrected chi connectivity index (χ0v) is 18.6. The Labute approximate surface area is 197 Å². The van der Waals surface area contributed by atoms with Gasteiger partial charge in [0.1, 0.15) is 0 Å². The van der Waals surface area contributed by atoms with Gasteiger partial charge in [-0.15, -0.1) is 0 Å². The number of hydrogen-bond acceptors (Lipinski definition) is 1. The first-order valence-corrected chi connectivity index (χ1v) is 10.9. The number of fused-ring (bicyclic) bond motifs is 3. The largest absolute Gasteiger partial charge is 0.416 e. The Morgan fingerprint density at radius 1 is 0.943 bits per heavy atom. The fourth-order valence-corrected chi connectivity index (χ4v) is 4.29. The predicted molar refractivity (Wildman–Crippen MR) is 121 cm³/mol. The van der Waals surface area contributed by atoms with Crippen LogP contribution in [0.15, 0.2) is 48.5 Å². The Morgan fingerprint density at radius 3 is 2.17 bits per heavy atom. The summed E-state index contributed by atoms with van der Waals surface area (Å²) in [7, 11) is 0. The van der Waals surface area contributed by atoms with Crippen LogP contribution in [-0.2, 0) is 25.3 Å². The molecule has 0 bridgehead atoms. The molecule has 0 aliphatic rings. The number of carbonyl (C=O) groups is 1. The zero-order chi connectivity index (χ0) is 25.5. The number of carbonyl (C=O) groups excluding carboxylic acids is 1. The van der Waals surface area contributed by atoms with Crippen LogP contribution in [0.2, 0.25) is 0 Å². The number of nitrogens with zero attached hydrogens (tertiary/aromatic N) is 1. The van der Waals surface area contributed by atoms with Crippen molar-refractivity contribution in [2.45, 2.75) is 45.1 Å². The first-order chi connectivity index (χ1) is 16.4. The fraction of sp³-hybridized carbons (Fsp3) is 0.269. The number of amides is 1. The molecule has 3 aromatic carbocycles. The van der Waals surface area contributed by atoms with Crippen LogP contribution >= 0.6 is 0 Å². The van der Waals surface area contributed by atoms with Gasteiger partial charge in [-0.25, -0.2) is 0 Å². The Kier molecular flexibility index (Phi) is 6.29. The normalized spacial score (nSPS) is 12.5. The van der Waals surface area contributed by atoms with Crippen LogP contribution in [0.1, 0.15) is 52.4 Å². The Morgan fingerprint density at radius 2 is 1.60 bits per heavy atom. The number of nitrogens with two attached hydrogens (primary N) is 1. The van der Waals surface area contributed by atoms with Crippen LogP contribution in [0.5, 0.6) is 0 Å². The van der Waals surface area contributed by atoms with Gasteiger partial charge in [-0.3, -0.25) is 4.79 Å². The average molecular weight is 491 g/mol. The molecule has 0 fully saturated rings. The molecule has 35 heavy (non-hydrogen) atoms. The van der Waals surface area contributed by atoms with Crippen LogP contribution in [0.4, 0.5) is 26.3 Å². The van der Waals surface area contributed by atoms with Crippen LogP contribution in [0.25, 0.3) is 21.8 Å². The molecule has 1 aromatic heterocycles. The maximum atomic E-state index is 13.4. The minimum absolute atomic E-state index is 0.108. The van der Waals surface area contributed by atoms with Crippen molar-refractivity contribution in [1.29, 1.82) is 0 Å². The summed E-state index contributed by atoms with van der Waals surface area (Å²) in [5.74, 6) is -0.698. The van der Waals surface area contributed by atoms with Crippen molar-refractivity contribution in [3.63, 3.8) is 0 Å². The minimum Gasteiger partial charge on any atom is -0.366 e. The molecule has 0 spiro atoms. The van der Waals surface area contributed by atoms with Gasteiger partial charge in [-0.2, -0.15) is 26.3 Å². The molecular weight excluding hydrogens is 470 g/mol. The molecule has 1 amide bonds. The van der Waals surface area contributed by atoms with Gasteiger partial charge in [0.05, 0.1) is 22.2 Å². The van der Waals surface area contributed by atoms with Gasteiger partial charge in [-0.1, -0.05) is 25.5 Å². The molecule has 1 heterocycles. The first kappa shape index (κ1) is 24.6. The van der Waals surface area contributed by atoms with Crippen molar-refractivity contribution in [3.05, 3.63) is 82.4 Å². The van der Waals surface area contributed by atoms with E-state index in [0.717, 1.165) is 37.0 Å². The third kappa shape index (κ3) is 4.85. The quantitative estimate of drug-likeness (QED) is 0.287. The number of primary amides is 1. The second kappa shape index (κ2) is 8.94. The van der Waals surface area contributed by atoms with E-state index in [4.69, 9.17) is 5.73 Å². The van der Waals surface area contributed by atoms with Gasteiger partial charge in [0, 0.05) is 22.9 Å². The van der Waals surface area contributed by atoms with E-state index in [2.05, 4.69) is 6.07 Å². The SMILES string of the molecule is CCCCc1c[c]c2c3c(C(N)=O)cccc3n(Cc3cc(C(F)(F)F)cc(C(F)(F)F)c3)c2c1. The summed E-state index contributed by atoms with van der Waals surface area (Å²) in [6.07, 6.45) is -7.32. The van der Waals surface area contributed by atoms with Crippen LogP contribution < -0.4 is 5.73 Å². The topological polar surface area (TPSA) is 48.0 Å². The zero-order valence-electron chi connectivity index (χ0n) is 18.6. The van der Waals surface area contributed by atoms with Gasteiger partial charge >= 0.3 is 12.4 Å². The van der Waals surface area contributed by atoms with E-state index < -0.39 is 29.4 Å². The molecule has 9 heteroatoms. The maximum Gasteiger partial charge on any atom is 0.416 e. The summed E-state index contributed by atoms with van der Waals surface area (Å²) in [5, 5.41) is 0.984. The van der Waals surface area contributed by atoms with Gasteiger partial charge in [0.15, 0.2) is 0 Å². The Hall–Kier alpha value is -3.49. The van der Waals surface area contributed by atoms with E-state index in [9.17, 15) is 31.1 Å². The van der Waals surface area contributed by atoms with Crippen molar-refractivity contribution < 1.29 is 31.1 Å². The Balaban J connectivity index is 1.98. The summed E-state index contributed by atoms with van der Waals surface area (Å²) < 4.78 is 82.0. The fourth-order valence-electron chi connectivity index (χ4n) is 4.29.